The second kappa shape index (κ2) is 11.5. The van der Waals surface area contributed by atoms with Crippen LogP contribution in [-0.2, 0) is 17.9 Å². The van der Waals surface area contributed by atoms with Crippen LogP contribution in [0.25, 0.3) is 0 Å². The van der Waals surface area contributed by atoms with E-state index in [0.29, 0.717) is 5.41 Å². The summed E-state index contributed by atoms with van der Waals surface area (Å²) in [6.07, 6.45) is 13.5. The first-order valence-corrected chi connectivity index (χ1v) is 17.2. The third kappa shape index (κ3) is 7.84. The van der Waals surface area contributed by atoms with Gasteiger partial charge < -0.3 is 0 Å². The molecule has 0 aliphatic heterocycles. The van der Waals surface area contributed by atoms with Gasteiger partial charge in [0.15, 0.2) is 0 Å². The Balaban J connectivity index is 3.18. The van der Waals surface area contributed by atoms with E-state index in [0.717, 1.165) is 20.4 Å². The summed E-state index contributed by atoms with van der Waals surface area (Å²) in [4.78, 5) is 0. The van der Waals surface area contributed by atoms with Crippen molar-refractivity contribution in [3.8, 4) is 0 Å². The fraction of sp³-hybridized carbons (Fsp3) is 1.00. The van der Waals surface area contributed by atoms with E-state index < -0.39 is 17.9 Å². The zero-order valence-electron chi connectivity index (χ0n) is 18.6. The van der Waals surface area contributed by atoms with Crippen molar-refractivity contribution in [1.82, 2.24) is 0 Å². The van der Waals surface area contributed by atoms with Crippen LogP contribution in [0.2, 0.25) is 10.5 Å². The van der Waals surface area contributed by atoms with Gasteiger partial charge in [-0.3, -0.25) is 0 Å². The molecule has 3 heteroatoms. The molecule has 0 saturated heterocycles. The van der Waals surface area contributed by atoms with E-state index in [-0.39, 0.29) is 0 Å². The van der Waals surface area contributed by atoms with Gasteiger partial charge in [0.1, 0.15) is 0 Å². The molecule has 0 aromatic carbocycles. The normalized spacial score (nSPS) is 27.4. The topological polar surface area (TPSA) is 0 Å². The molecule has 0 amide bonds. The molecule has 0 aromatic heterocycles. The predicted molar refractivity (Wildman–Crippen MR) is 120 cm³/mol. The Kier molecular flexibility index (Phi) is 11.4. The Hall–Kier alpha value is 1.57. The Morgan fingerprint density at radius 2 is 1.48 bits per heavy atom. The maximum absolute atomic E-state index is 2.71. The van der Waals surface area contributed by atoms with Crippen molar-refractivity contribution in [3.05, 3.63) is 0 Å². The molecule has 0 nitrogen and oxygen atoms in total. The number of hydrogen-bond donors (Lipinski definition) is 0. The van der Waals surface area contributed by atoms with Crippen molar-refractivity contribution >= 4 is 17.2 Å². The van der Waals surface area contributed by atoms with Gasteiger partial charge in [0, 0.05) is 0 Å². The average molecular weight is 421 g/mol. The van der Waals surface area contributed by atoms with Crippen molar-refractivity contribution in [2.75, 3.05) is 0 Å². The van der Waals surface area contributed by atoms with Crippen molar-refractivity contribution in [3.63, 3.8) is 0 Å². The zero-order valence-corrected chi connectivity index (χ0v) is 22.2. The summed E-state index contributed by atoms with van der Waals surface area (Å²) in [6, 6.07) is 0. The maximum atomic E-state index is 2.71. The van der Waals surface area contributed by atoms with E-state index in [1.165, 1.54) is 55.7 Å². The van der Waals surface area contributed by atoms with Gasteiger partial charge in [-0.25, -0.2) is 0 Å². The second-order valence-corrected chi connectivity index (χ2v) is 19.8. The van der Waals surface area contributed by atoms with Crippen LogP contribution < -0.4 is 0 Å². The minimum absolute atomic E-state index is 0.697. The molecule has 0 radical (unpaired) electrons. The van der Waals surface area contributed by atoms with E-state index in [9.17, 15) is 0 Å². The summed E-state index contributed by atoms with van der Waals surface area (Å²) in [6.45, 7) is 14.7. The Morgan fingerprint density at radius 1 is 0.920 bits per heavy atom. The standard InChI is InChI=1S/C20H41P2.2CH3.Ti/c1-7-9-11-20(12-10-8-2)14-18(21-16(3)4)13-19(15-20)22-17(5)6;;;/h16-18,21-22H,7-15H2,1-6H3;2*1H3;. The fourth-order valence-corrected chi connectivity index (χ4v) is 14.8. The van der Waals surface area contributed by atoms with Crippen LogP contribution in [0.5, 0.6) is 0 Å². The number of unbranched alkanes of at least 4 members (excludes halogenated alkanes) is 2. The molecular formula is C22H47P2Ti. The van der Waals surface area contributed by atoms with Gasteiger partial charge in [-0.1, -0.05) is 0 Å². The van der Waals surface area contributed by atoms with Crippen LogP contribution in [-0.4, -0.2) is 20.4 Å². The first-order valence-electron chi connectivity index (χ1n) is 11.0. The number of rotatable bonds is 11. The molecule has 0 heterocycles. The third-order valence-electron chi connectivity index (χ3n) is 6.16. The summed E-state index contributed by atoms with van der Waals surface area (Å²) in [5.74, 6) is 0. The van der Waals surface area contributed by atoms with Crippen LogP contribution in [0.1, 0.15) is 99.3 Å². The van der Waals surface area contributed by atoms with Gasteiger partial charge in [-0.2, -0.15) is 0 Å². The van der Waals surface area contributed by atoms with Crippen LogP contribution in [0.15, 0.2) is 0 Å². The van der Waals surface area contributed by atoms with Crippen molar-refractivity contribution in [2.45, 2.75) is 130 Å². The molecular weight excluding hydrogens is 374 g/mol. The van der Waals surface area contributed by atoms with Crippen LogP contribution in [0, 0.1) is 5.41 Å². The van der Waals surface area contributed by atoms with E-state index in [4.69, 9.17) is 0 Å². The van der Waals surface area contributed by atoms with Crippen molar-refractivity contribution in [1.29, 1.82) is 0 Å². The molecule has 1 fully saturated rings. The van der Waals surface area contributed by atoms with E-state index in [2.05, 4.69) is 52.0 Å². The van der Waals surface area contributed by atoms with Crippen LogP contribution >= 0.6 is 17.2 Å². The average Bonchev–Trinajstić information content (AvgIpc) is 2.49. The first kappa shape index (κ1) is 24.6. The molecule has 1 saturated carbocycles. The van der Waals surface area contributed by atoms with E-state index in [1.807, 2.05) is 0 Å². The first-order chi connectivity index (χ1) is 11.7. The number of hydrogen-bond acceptors (Lipinski definition) is 0. The van der Waals surface area contributed by atoms with Gasteiger partial charge in [0.25, 0.3) is 0 Å². The van der Waals surface area contributed by atoms with E-state index >= 15 is 0 Å². The molecule has 1 aliphatic rings. The molecule has 1 rings (SSSR count). The van der Waals surface area contributed by atoms with Gasteiger partial charge in [0.2, 0.25) is 0 Å². The Bertz CT molecular complexity index is 359. The molecule has 0 spiro atoms. The Morgan fingerprint density at radius 3 is 1.88 bits per heavy atom. The van der Waals surface area contributed by atoms with Crippen LogP contribution in [0.4, 0.5) is 0 Å². The van der Waals surface area contributed by atoms with E-state index in [1.54, 1.807) is 19.3 Å². The predicted octanol–water partition coefficient (Wildman–Crippen LogP) is 8.49. The van der Waals surface area contributed by atoms with Gasteiger partial charge in [-0.05, 0) is 0 Å². The molecule has 4 unspecified atom stereocenters. The van der Waals surface area contributed by atoms with Gasteiger partial charge in [0.05, 0.1) is 0 Å². The molecule has 0 N–H and O–H groups in total. The quantitative estimate of drug-likeness (QED) is 0.232. The van der Waals surface area contributed by atoms with Crippen LogP contribution in [0.3, 0.4) is 0 Å². The molecule has 0 bridgehead atoms. The molecule has 4 atom stereocenters. The molecule has 1 aliphatic carbocycles. The third-order valence-corrected chi connectivity index (χ3v) is 15.5. The van der Waals surface area contributed by atoms with Gasteiger partial charge >= 0.3 is 171 Å². The summed E-state index contributed by atoms with van der Waals surface area (Å²) in [5.41, 5.74) is 3.54. The summed E-state index contributed by atoms with van der Waals surface area (Å²) < 4.78 is 0.792. The molecule has 25 heavy (non-hydrogen) atoms. The van der Waals surface area contributed by atoms with Gasteiger partial charge in [-0.15, -0.1) is 0 Å². The Labute approximate surface area is 170 Å². The second-order valence-electron chi connectivity index (χ2n) is 9.69. The molecule has 0 aromatic rings. The summed E-state index contributed by atoms with van der Waals surface area (Å²) in [5, 5.41) is 5.42. The monoisotopic (exact) mass is 421 g/mol. The summed E-state index contributed by atoms with van der Waals surface area (Å²) >= 11 is -0.962. The minimum atomic E-state index is -0.962. The zero-order chi connectivity index (χ0) is 19.1. The van der Waals surface area contributed by atoms with Crippen molar-refractivity contribution in [2.24, 2.45) is 5.41 Å². The molecule has 149 valence electrons. The van der Waals surface area contributed by atoms with Crippen molar-refractivity contribution < 1.29 is 17.9 Å². The summed E-state index contributed by atoms with van der Waals surface area (Å²) in [7, 11) is 2.43. The fourth-order valence-electron chi connectivity index (χ4n) is 5.19. The SMILES string of the molecule is CCCCC1(CCCC)CC(PC(C)C)C[C](PC(C)C)([Ti]([CH3])[CH3])C1.